The number of piperidine rings is 1. The molecule has 1 saturated heterocycles. The van der Waals surface area contributed by atoms with Gasteiger partial charge in [0, 0.05) is 17.5 Å². The lowest BCUT2D eigenvalue weighted by molar-refractivity contribution is 0.447. The third-order valence-corrected chi connectivity index (χ3v) is 7.75. The summed E-state index contributed by atoms with van der Waals surface area (Å²) in [6.45, 7) is 5.24. The van der Waals surface area contributed by atoms with Crippen molar-refractivity contribution in [2.45, 2.75) is 56.2 Å². The Kier molecular flexibility index (Phi) is 5.64. The highest BCUT2D eigenvalue weighted by Crippen LogP contribution is 2.27. The van der Waals surface area contributed by atoms with Crippen LogP contribution in [0.3, 0.4) is 0 Å². The summed E-state index contributed by atoms with van der Waals surface area (Å²) in [5.74, 6) is 0.930. The minimum atomic E-state index is -3.54. The number of aromatic nitrogens is 1. The molecule has 1 N–H and O–H groups in total. The SMILES string of the molecule is CCc1ccc(S(=O)(=O)Nc2ccc(N3CCCCC3CC)nc2)s1. The monoisotopic (exact) mass is 379 g/mol. The Bertz CT molecular complexity index is 800. The average molecular weight is 380 g/mol. The van der Waals surface area contributed by atoms with E-state index in [1.165, 1.54) is 30.6 Å². The fourth-order valence-electron chi connectivity index (χ4n) is 3.24. The Labute approximate surface area is 154 Å². The van der Waals surface area contributed by atoms with Crippen LogP contribution in [0.4, 0.5) is 11.5 Å². The van der Waals surface area contributed by atoms with Crippen molar-refractivity contribution >= 4 is 32.9 Å². The van der Waals surface area contributed by atoms with Gasteiger partial charge in [-0.15, -0.1) is 11.3 Å². The average Bonchev–Trinajstić information content (AvgIpc) is 3.12. The van der Waals surface area contributed by atoms with Crippen LogP contribution in [0, 0.1) is 0 Å². The molecule has 0 radical (unpaired) electrons. The standard InChI is InChI=1S/C18H25N3O2S2/c1-3-15-7-5-6-12-21(15)17-10-8-14(13-19-17)20-25(22,23)18-11-9-16(4-2)24-18/h8-11,13,15,20H,3-7,12H2,1-2H3. The van der Waals surface area contributed by atoms with Gasteiger partial charge in [-0.25, -0.2) is 13.4 Å². The number of nitrogens with one attached hydrogen (secondary N) is 1. The summed E-state index contributed by atoms with van der Waals surface area (Å²) in [4.78, 5) is 7.90. The lowest BCUT2D eigenvalue weighted by Crippen LogP contribution is -2.39. The molecule has 0 amide bonds. The Morgan fingerprint density at radius 3 is 2.72 bits per heavy atom. The highest BCUT2D eigenvalue weighted by molar-refractivity contribution is 7.94. The van der Waals surface area contributed by atoms with Gasteiger partial charge in [-0.3, -0.25) is 4.72 Å². The van der Waals surface area contributed by atoms with Crippen LogP contribution in [0.2, 0.25) is 0 Å². The van der Waals surface area contributed by atoms with Crippen LogP contribution in [0.25, 0.3) is 0 Å². The third kappa shape index (κ3) is 4.15. The summed E-state index contributed by atoms with van der Waals surface area (Å²) < 4.78 is 27.9. The van der Waals surface area contributed by atoms with Gasteiger partial charge in [0.2, 0.25) is 0 Å². The van der Waals surface area contributed by atoms with Gasteiger partial charge in [-0.1, -0.05) is 13.8 Å². The second kappa shape index (κ2) is 7.74. The van der Waals surface area contributed by atoms with Gasteiger partial charge in [0.25, 0.3) is 10.0 Å². The predicted molar refractivity (Wildman–Crippen MR) is 104 cm³/mol. The van der Waals surface area contributed by atoms with Crippen molar-refractivity contribution in [1.82, 2.24) is 4.98 Å². The number of thiophene rings is 1. The van der Waals surface area contributed by atoms with Gasteiger partial charge >= 0.3 is 0 Å². The van der Waals surface area contributed by atoms with Gasteiger partial charge in [0.1, 0.15) is 10.0 Å². The van der Waals surface area contributed by atoms with Gasteiger partial charge in [0.05, 0.1) is 11.9 Å². The quantitative estimate of drug-likeness (QED) is 0.814. The third-order valence-electron chi connectivity index (χ3n) is 4.64. The minimum absolute atomic E-state index is 0.343. The lowest BCUT2D eigenvalue weighted by atomic mass is 10.00. The Morgan fingerprint density at radius 2 is 2.08 bits per heavy atom. The van der Waals surface area contributed by atoms with E-state index in [2.05, 4.69) is 21.5 Å². The topological polar surface area (TPSA) is 62.3 Å². The molecule has 3 rings (SSSR count). The molecule has 5 nitrogen and oxygen atoms in total. The van der Waals surface area contributed by atoms with Gasteiger partial charge in [-0.2, -0.15) is 0 Å². The summed E-state index contributed by atoms with van der Waals surface area (Å²) in [6.07, 6.45) is 7.21. The normalized spacial score (nSPS) is 18.3. The van der Waals surface area contributed by atoms with Crippen molar-refractivity contribution in [3.05, 3.63) is 35.3 Å². The molecule has 0 bridgehead atoms. The van der Waals surface area contributed by atoms with E-state index in [4.69, 9.17) is 0 Å². The van der Waals surface area contributed by atoms with Crippen molar-refractivity contribution in [3.8, 4) is 0 Å². The number of aryl methyl sites for hydroxylation is 1. The van der Waals surface area contributed by atoms with Crippen LogP contribution in [-0.2, 0) is 16.4 Å². The summed E-state index contributed by atoms with van der Waals surface area (Å²) >= 11 is 1.31. The number of hydrogen-bond donors (Lipinski definition) is 1. The maximum absolute atomic E-state index is 12.5. The zero-order valence-corrected chi connectivity index (χ0v) is 16.4. The smallest absolute Gasteiger partial charge is 0.271 e. The second-order valence-corrected chi connectivity index (χ2v) is 9.41. The molecule has 1 atom stereocenters. The van der Waals surface area contributed by atoms with Crippen LogP contribution >= 0.6 is 11.3 Å². The van der Waals surface area contributed by atoms with Crippen LogP contribution in [-0.4, -0.2) is 26.0 Å². The highest BCUT2D eigenvalue weighted by Gasteiger charge is 2.22. The Balaban J connectivity index is 1.74. The molecule has 0 spiro atoms. The zero-order chi connectivity index (χ0) is 17.9. The second-order valence-electron chi connectivity index (χ2n) is 6.34. The van der Waals surface area contributed by atoms with Crippen molar-refractivity contribution in [3.63, 3.8) is 0 Å². The van der Waals surface area contributed by atoms with E-state index in [0.717, 1.165) is 30.1 Å². The largest absolute Gasteiger partial charge is 0.354 e. The summed E-state index contributed by atoms with van der Waals surface area (Å²) in [5, 5.41) is 0. The van der Waals surface area contributed by atoms with E-state index in [0.29, 0.717) is 15.9 Å². The number of anilines is 2. The molecule has 25 heavy (non-hydrogen) atoms. The molecule has 0 aliphatic carbocycles. The molecule has 1 unspecified atom stereocenters. The Morgan fingerprint density at radius 1 is 1.24 bits per heavy atom. The van der Waals surface area contributed by atoms with E-state index in [9.17, 15) is 8.42 Å². The Hall–Kier alpha value is -1.60. The maximum Gasteiger partial charge on any atom is 0.271 e. The minimum Gasteiger partial charge on any atom is -0.354 e. The predicted octanol–water partition coefficient (Wildman–Crippen LogP) is 4.28. The fraction of sp³-hybridized carbons (Fsp3) is 0.500. The molecule has 3 heterocycles. The number of rotatable bonds is 6. The number of nitrogens with zero attached hydrogens (tertiary/aromatic N) is 2. The first-order chi connectivity index (χ1) is 12.0. The van der Waals surface area contributed by atoms with E-state index in [1.54, 1.807) is 18.3 Å². The molecule has 136 valence electrons. The van der Waals surface area contributed by atoms with E-state index in [1.807, 2.05) is 19.1 Å². The molecule has 0 aromatic carbocycles. The van der Waals surface area contributed by atoms with Crippen molar-refractivity contribution < 1.29 is 8.42 Å². The number of pyridine rings is 1. The fourth-order valence-corrected chi connectivity index (χ4v) is 5.58. The maximum atomic E-state index is 12.5. The first-order valence-corrected chi connectivity index (χ1v) is 11.2. The molecule has 1 aliphatic rings. The van der Waals surface area contributed by atoms with Gasteiger partial charge in [0.15, 0.2) is 0 Å². The molecular weight excluding hydrogens is 354 g/mol. The molecular formula is C18H25N3O2S2. The van der Waals surface area contributed by atoms with E-state index < -0.39 is 10.0 Å². The highest BCUT2D eigenvalue weighted by atomic mass is 32.2. The van der Waals surface area contributed by atoms with Crippen LogP contribution in [0.15, 0.2) is 34.7 Å². The number of sulfonamides is 1. The number of hydrogen-bond acceptors (Lipinski definition) is 5. The first kappa shape index (κ1) is 18.2. The summed E-state index contributed by atoms with van der Waals surface area (Å²) in [6, 6.07) is 7.77. The zero-order valence-electron chi connectivity index (χ0n) is 14.7. The van der Waals surface area contributed by atoms with E-state index in [-0.39, 0.29) is 0 Å². The lowest BCUT2D eigenvalue weighted by Gasteiger charge is -2.36. The van der Waals surface area contributed by atoms with Crippen molar-refractivity contribution in [2.24, 2.45) is 0 Å². The van der Waals surface area contributed by atoms with E-state index >= 15 is 0 Å². The van der Waals surface area contributed by atoms with Crippen LogP contribution in [0.1, 0.15) is 44.4 Å². The van der Waals surface area contributed by atoms with Gasteiger partial charge < -0.3 is 4.90 Å². The van der Waals surface area contributed by atoms with Crippen LogP contribution < -0.4 is 9.62 Å². The molecule has 7 heteroatoms. The summed E-state index contributed by atoms with van der Waals surface area (Å²) in [5.41, 5.74) is 0.500. The molecule has 2 aromatic rings. The molecule has 1 aliphatic heterocycles. The van der Waals surface area contributed by atoms with Gasteiger partial charge in [-0.05, 0) is 56.4 Å². The molecule has 2 aromatic heterocycles. The van der Waals surface area contributed by atoms with Crippen molar-refractivity contribution in [2.75, 3.05) is 16.2 Å². The van der Waals surface area contributed by atoms with Crippen molar-refractivity contribution in [1.29, 1.82) is 0 Å². The summed E-state index contributed by atoms with van der Waals surface area (Å²) in [7, 11) is -3.54. The van der Waals surface area contributed by atoms with Crippen LogP contribution in [0.5, 0.6) is 0 Å². The first-order valence-electron chi connectivity index (χ1n) is 8.87. The molecule has 1 fully saturated rings. The molecule has 0 saturated carbocycles.